The molecule has 2 amide bonds. The number of hydrogen-bond acceptors (Lipinski definition) is 7. The molecule has 1 aliphatic rings. The summed E-state index contributed by atoms with van der Waals surface area (Å²) in [6.07, 6.45) is 1.61. The zero-order valence-electron chi connectivity index (χ0n) is 19.9. The number of carbonyl (C=O) groups is 1. The van der Waals surface area contributed by atoms with Crippen molar-refractivity contribution in [2.24, 2.45) is 0 Å². The highest BCUT2D eigenvalue weighted by molar-refractivity contribution is 6.31. The lowest BCUT2D eigenvalue weighted by Gasteiger charge is -2.34. The fourth-order valence-corrected chi connectivity index (χ4v) is 4.04. The third kappa shape index (κ3) is 7.05. The minimum atomic E-state index is -0.354. The number of halogens is 1. The number of likely N-dealkylation sites (N-methyl/N-ethyl adjacent to an activating group) is 1. The van der Waals surface area contributed by atoms with E-state index >= 15 is 0 Å². The fraction of sp³-hybridized carbons (Fsp3) is 0.320. The quantitative estimate of drug-likeness (QED) is 0.415. The number of urea groups is 1. The van der Waals surface area contributed by atoms with Gasteiger partial charge in [0.1, 0.15) is 5.75 Å². The summed E-state index contributed by atoms with van der Waals surface area (Å²) in [5.74, 6) is 1.49. The molecule has 184 valence electrons. The van der Waals surface area contributed by atoms with Crippen LogP contribution in [0.15, 0.2) is 54.7 Å². The molecule has 3 N–H and O–H groups in total. The van der Waals surface area contributed by atoms with Crippen LogP contribution in [0.4, 0.5) is 22.1 Å². The van der Waals surface area contributed by atoms with Gasteiger partial charge in [0.15, 0.2) is 0 Å². The summed E-state index contributed by atoms with van der Waals surface area (Å²) in [5, 5.41) is 9.15. The Balaban J connectivity index is 1.28. The molecule has 0 saturated carbocycles. The minimum Gasteiger partial charge on any atom is -0.439 e. The molecule has 35 heavy (non-hydrogen) atoms. The number of nitrogens with one attached hydrogen (secondary N) is 3. The number of rotatable bonds is 8. The standard InChI is InChI=1S/C25H30ClN7O2/c1-3-32-12-14-33(15-13-32)17-18-4-5-20(16-22(18)26)30-25(34)29-19-6-8-21(9-7-19)35-23-10-11-28-24(27-2)31-23/h4-11,16H,3,12-15,17H2,1-2H3,(H,27,28,31)(H2,29,30,34). The van der Waals surface area contributed by atoms with Gasteiger partial charge in [-0.2, -0.15) is 4.98 Å². The Labute approximate surface area is 210 Å². The third-order valence-corrected chi connectivity index (χ3v) is 6.16. The molecule has 1 saturated heterocycles. The van der Waals surface area contributed by atoms with Crippen LogP contribution in [-0.2, 0) is 6.54 Å². The van der Waals surface area contributed by atoms with Crippen molar-refractivity contribution in [2.75, 3.05) is 55.7 Å². The lowest BCUT2D eigenvalue weighted by atomic mass is 10.1. The van der Waals surface area contributed by atoms with E-state index in [1.165, 1.54) is 0 Å². The van der Waals surface area contributed by atoms with E-state index in [1.807, 2.05) is 12.1 Å². The van der Waals surface area contributed by atoms with Gasteiger partial charge in [0.05, 0.1) is 0 Å². The van der Waals surface area contributed by atoms with Crippen molar-refractivity contribution >= 4 is 35.0 Å². The summed E-state index contributed by atoms with van der Waals surface area (Å²) in [7, 11) is 1.74. The first-order chi connectivity index (χ1) is 17.0. The van der Waals surface area contributed by atoms with Crippen LogP contribution in [0.5, 0.6) is 11.6 Å². The molecular weight excluding hydrogens is 466 g/mol. The Bertz CT molecular complexity index is 1130. The van der Waals surface area contributed by atoms with Crippen molar-refractivity contribution in [3.8, 4) is 11.6 Å². The number of ether oxygens (including phenoxy) is 1. The molecule has 4 rings (SSSR count). The van der Waals surface area contributed by atoms with Crippen molar-refractivity contribution < 1.29 is 9.53 Å². The lowest BCUT2D eigenvalue weighted by Crippen LogP contribution is -2.45. The Morgan fingerprint density at radius 1 is 1.00 bits per heavy atom. The van der Waals surface area contributed by atoms with Gasteiger partial charge in [-0.25, -0.2) is 9.78 Å². The Kier molecular flexibility index (Phi) is 8.36. The van der Waals surface area contributed by atoms with E-state index in [-0.39, 0.29) is 6.03 Å². The fourth-order valence-electron chi connectivity index (χ4n) is 3.80. The molecular formula is C25H30ClN7O2. The molecule has 0 radical (unpaired) electrons. The lowest BCUT2D eigenvalue weighted by molar-refractivity contribution is 0.132. The van der Waals surface area contributed by atoms with E-state index in [0.29, 0.717) is 34.0 Å². The molecule has 0 aliphatic carbocycles. The van der Waals surface area contributed by atoms with Gasteiger partial charge < -0.3 is 25.6 Å². The highest BCUT2D eigenvalue weighted by Crippen LogP contribution is 2.24. The summed E-state index contributed by atoms with van der Waals surface area (Å²) in [5.41, 5.74) is 2.32. The maximum Gasteiger partial charge on any atom is 0.323 e. The number of benzene rings is 2. The number of amides is 2. The van der Waals surface area contributed by atoms with Crippen molar-refractivity contribution in [2.45, 2.75) is 13.5 Å². The molecule has 9 nitrogen and oxygen atoms in total. The number of carbonyl (C=O) groups excluding carboxylic acids is 1. The predicted octanol–water partition coefficient (Wildman–Crippen LogP) is 4.75. The average Bonchev–Trinajstić information content (AvgIpc) is 2.87. The van der Waals surface area contributed by atoms with Crippen molar-refractivity contribution in [1.82, 2.24) is 19.8 Å². The first kappa shape index (κ1) is 24.7. The summed E-state index contributed by atoms with van der Waals surface area (Å²) in [6, 6.07) is 14.0. The summed E-state index contributed by atoms with van der Waals surface area (Å²) in [6.45, 7) is 8.33. The molecule has 0 spiro atoms. The van der Waals surface area contributed by atoms with Gasteiger partial charge in [-0.05, 0) is 48.5 Å². The van der Waals surface area contributed by atoms with E-state index in [0.717, 1.165) is 44.8 Å². The van der Waals surface area contributed by atoms with Crippen molar-refractivity contribution in [1.29, 1.82) is 0 Å². The smallest absolute Gasteiger partial charge is 0.323 e. The van der Waals surface area contributed by atoms with Crippen molar-refractivity contribution in [3.05, 3.63) is 65.3 Å². The number of piperazine rings is 1. The summed E-state index contributed by atoms with van der Waals surface area (Å²) < 4.78 is 5.73. The van der Waals surface area contributed by atoms with Crippen LogP contribution >= 0.6 is 11.6 Å². The second-order valence-electron chi connectivity index (χ2n) is 8.19. The zero-order chi connectivity index (χ0) is 24.6. The molecule has 0 unspecified atom stereocenters. The largest absolute Gasteiger partial charge is 0.439 e. The Hall–Kier alpha value is -3.40. The molecule has 0 atom stereocenters. The molecule has 1 aromatic heterocycles. The molecule has 1 fully saturated rings. The Morgan fingerprint density at radius 3 is 2.37 bits per heavy atom. The van der Waals surface area contributed by atoms with E-state index < -0.39 is 0 Å². The minimum absolute atomic E-state index is 0.354. The van der Waals surface area contributed by atoms with E-state index in [4.69, 9.17) is 16.3 Å². The normalized spacial score (nSPS) is 14.4. The number of nitrogens with zero attached hydrogens (tertiary/aromatic N) is 4. The predicted molar refractivity (Wildman–Crippen MR) is 140 cm³/mol. The van der Waals surface area contributed by atoms with E-state index in [2.05, 4.69) is 42.6 Å². The number of hydrogen-bond donors (Lipinski definition) is 3. The number of anilines is 3. The molecule has 2 heterocycles. The topological polar surface area (TPSA) is 94.7 Å². The molecule has 2 aromatic carbocycles. The third-order valence-electron chi connectivity index (χ3n) is 5.81. The van der Waals surface area contributed by atoms with Crippen LogP contribution in [0.2, 0.25) is 5.02 Å². The maximum absolute atomic E-state index is 12.5. The second-order valence-corrected chi connectivity index (χ2v) is 8.60. The second kappa shape index (κ2) is 11.8. The van der Waals surface area contributed by atoms with Gasteiger partial charge in [0.25, 0.3) is 0 Å². The van der Waals surface area contributed by atoms with E-state index in [1.54, 1.807) is 49.6 Å². The van der Waals surface area contributed by atoms with Gasteiger partial charge in [-0.1, -0.05) is 24.6 Å². The highest BCUT2D eigenvalue weighted by atomic mass is 35.5. The van der Waals surface area contributed by atoms with Crippen LogP contribution in [0.3, 0.4) is 0 Å². The van der Waals surface area contributed by atoms with Crippen LogP contribution in [0.1, 0.15) is 12.5 Å². The first-order valence-corrected chi connectivity index (χ1v) is 12.0. The number of aromatic nitrogens is 2. The van der Waals surface area contributed by atoms with Crippen LogP contribution in [-0.4, -0.2) is 65.6 Å². The summed E-state index contributed by atoms with van der Waals surface area (Å²) in [4.78, 5) is 25.6. The van der Waals surface area contributed by atoms with Crippen LogP contribution in [0.25, 0.3) is 0 Å². The molecule has 1 aliphatic heterocycles. The first-order valence-electron chi connectivity index (χ1n) is 11.6. The molecule has 0 bridgehead atoms. The highest BCUT2D eigenvalue weighted by Gasteiger charge is 2.17. The van der Waals surface area contributed by atoms with Crippen LogP contribution < -0.4 is 20.7 Å². The molecule has 10 heteroatoms. The molecule has 3 aromatic rings. The maximum atomic E-state index is 12.5. The van der Waals surface area contributed by atoms with Gasteiger partial charge in [-0.3, -0.25) is 4.90 Å². The van der Waals surface area contributed by atoms with Gasteiger partial charge in [0, 0.05) is 68.4 Å². The summed E-state index contributed by atoms with van der Waals surface area (Å²) >= 11 is 6.52. The van der Waals surface area contributed by atoms with Gasteiger partial charge in [0.2, 0.25) is 11.8 Å². The van der Waals surface area contributed by atoms with Crippen molar-refractivity contribution in [3.63, 3.8) is 0 Å². The van der Waals surface area contributed by atoms with Gasteiger partial charge in [-0.15, -0.1) is 0 Å². The van der Waals surface area contributed by atoms with E-state index in [9.17, 15) is 4.79 Å². The Morgan fingerprint density at radius 2 is 1.69 bits per heavy atom. The monoisotopic (exact) mass is 495 g/mol. The van der Waals surface area contributed by atoms with Gasteiger partial charge >= 0.3 is 6.03 Å². The average molecular weight is 496 g/mol. The zero-order valence-corrected chi connectivity index (χ0v) is 20.7. The van der Waals surface area contributed by atoms with Crippen LogP contribution in [0, 0.1) is 0 Å². The SMILES string of the molecule is CCN1CCN(Cc2ccc(NC(=O)Nc3ccc(Oc4ccnc(NC)n4)cc3)cc2Cl)CC1.